The summed E-state index contributed by atoms with van der Waals surface area (Å²) in [6, 6.07) is 29.8. The fourth-order valence-electron chi connectivity index (χ4n) is 5.73. The number of carbonyl (C=O) groups is 1. The second kappa shape index (κ2) is 12.4. The van der Waals surface area contributed by atoms with Crippen LogP contribution in [0.2, 0.25) is 5.02 Å². The van der Waals surface area contributed by atoms with E-state index in [1.165, 1.54) is 15.6 Å². The molecule has 0 aliphatic heterocycles. The van der Waals surface area contributed by atoms with E-state index in [2.05, 4.69) is 68.6 Å². The molecule has 0 saturated carbocycles. The molecule has 1 aliphatic carbocycles. The van der Waals surface area contributed by atoms with Crippen LogP contribution in [-0.4, -0.2) is 12.1 Å². The van der Waals surface area contributed by atoms with Gasteiger partial charge in [0.15, 0.2) is 0 Å². The number of rotatable bonds is 7. The highest BCUT2D eigenvalue weighted by molar-refractivity contribution is 7.16. The average Bonchev–Trinajstić information content (AvgIpc) is 3.38. The van der Waals surface area contributed by atoms with Crippen LogP contribution in [0.1, 0.15) is 59.1 Å². The summed E-state index contributed by atoms with van der Waals surface area (Å²) in [4.78, 5) is 19.8. The molecule has 0 unspecified atom stereocenters. The van der Waals surface area contributed by atoms with E-state index in [0.717, 1.165) is 46.7 Å². The number of benzene rings is 4. The minimum Gasteiger partial charge on any atom is -0.489 e. The number of nitrogens with zero attached hydrogens (tertiary/aromatic N) is 1. The zero-order valence-corrected chi connectivity index (χ0v) is 26.3. The number of nitrogens with one attached hydrogen (secondary N) is 1. The quantitative estimate of drug-likeness (QED) is 0.187. The molecule has 1 aliphatic rings. The van der Waals surface area contributed by atoms with Crippen LogP contribution in [0, 0.1) is 11.3 Å². The molecule has 1 N–H and O–H groups in total. The van der Waals surface area contributed by atoms with Gasteiger partial charge in [0.05, 0.1) is 5.56 Å². The van der Waals surface area contributed by atoms with Crippen LogP contribution in [0.25, 0.3) is 10.8 Å². The van der Waals surface area contributed by atoms with Crippen molar-refractivity contribution in [1.29, 1.82) is 0 Å². The lowest BCUT2D eigenvalue weighted by Gasteiger charge is -2.33. The van der Waals surface area contributed by atoms with E-state index in [9.17, 15) is 4.79 Å². The number of hydrogen-bond donors (Lipinski definition) is 1. The maximum Gasteiger partial charge on any atom is 0.259 e. The SMILES string of the molecule is CC(C)(C)[C@H]1CCc2c(sc(N=Cc3ccc(OCc4cccc5ccccc45)cc3)c2C(=O)Nc2ccc(Cl)cc2)C1. The summed E-state index contributed by atoms with van der Waals surface area (Å²) < 4.78 is 6.12. The number of ether oxygens (including phenoxy) is 1. The average molecular weight is 607 g/mol. The van der Waals surface area contributed by atoms with Gasteiger partial charge in [0.1, 0.15) is 17.4 Å². The summed E-state index contributed by atoms with van der Waals surface area (Å²) in [5, 5.41) is 6.87. The number of aliphatic imine (C=N–C) groups is 1. The van der Waals surface area contributed by atoms with Gasteiger partial charge in [-0.05, 0) is 107 Å². The molecule has 0 radical (unpaired) electrons. The number of amides is 1. The predicted octanol–water partition coefficient (Wildman–Crippen LogP) is 10.3. The van der Waals surface area contributed by atoms with Gasteiger partial charge in [-0.2, -0.15) is 0 Å². The number of fused-ring (bicyclic) bond motifs is 2. The lowest BCUT2D eigenvalue weighted by molar-refractivity contribution is 0.102. The smallest absolute Gasteiger partial charge is 0.259 e. The highest BCUT2D eigenvalue weighted by atomic mass is 35.5. The normalized spacial score (nSPS) is 15.0. The van der Waals surface area contributed by atoms with Crippen LogP contribution in [0.5, 0.6) is 5.75 Å². The van der Waals surface area contributed by atoms with Crippen molar-refractivity contribution in [2.24, 2.45) is 16.3 Å². The monoisotopic (exact) mass is 606 g/mol. The number of hydrogen-bond acceptors (Lipinski definition) is 4. The van der Waals surface area contributed by atoms with Crippen molar-refractivity contribution in [3.05, 3.63) is 123 Å². The topological polar surface area (TPSA) is 50.7 Å². The van der Waals surface area contributed by atoms with Crippen LogP contribution in [0.3, 0.4) is 0 Å². The molecule has 218 valence electrons. The lowest BCUT2D eigenvalue weighted by Crippen LogP contribution is -2.27. The molecule has 4 nitrogen and oxygen atoms in total. The van der Waals surface area contributed by atoms with Crippen molar-refractivity contribution in [3.63, 3.8) is 0 Å². The zero-order chi connectivity index (χ0) is 30.0. The Morgan fingerprint density at radius 3 is 2.51 bits per heavy atom. The maximum atomic E-state index is 13.6. The molecule has 6 rings (SSSR count). The molecule has 4 aromatic carbocycles. The zero-order valence-electron chi connectivity index (χ0n) is 24.7. The Morgan fingerprint density at radius 2 is 1.74 bits per heavy atom. The Hall–Kier alpha value is -3.93. The molecule has 1 atom stereocenters. The molecule has 5 aromatic rings. The third-order valence-corrected chi connectivity index (χ3v) is 9.70. The fourth-order valence-corrected chi connectivity index (χ4v) is 7.12. The van der Waals surface area contributed by atoms with E-state index in [1.807, 2.05) is 42.6 Å². The molecule has 1 aromatic heterocycles. The molecular weight excluding hydrogens is 572 g/mol. The van der Waals surface area contributed by atoms with Crippen LogP contribution in [-0.2, 0) is 19.4 Å². The molecule has 6 heteroatoms. The fraction of sp³-hybridized carbons (Fsp3) is 0.243. The van der Waals surface area contributed by atoms with Gasteiger partial charge < -0.3 is 10.1 Å². The Labute approximate surface area is 262 Å². The number of thiophene rings is 1. The number of anilines is 1. The predicted molar refractivity (Wildman–Crippen MR) is 181 cm³/mol. The summed E-state index contributed by atoms with van der Waals surface area (Å²) >= 11 is 7.70. The lowest BCUT2D eigenvalue weighted by atomic mass is 9.72. The summed E-state index contributed by atoms with van der Waals surface area (Å²) in [6.45, 7) is 7.41. The van der Waals surface area contributed by atoms with Gasteiger partial charge in [-0.15, -0.1) is 11.3 Å². The van der Waals surface area contributed by atoms with Gasteiger partial charge in [-0.3, -0.25) is 4.79 Å². The highest BCUT2D eigenvalue weighted by Gasteiger charge is 2.33. The van der Waals surface area contributed by atoms with Gasteiger partial charge in [-0.1, -0.05) is 74.8 Å². The van der Waals surface area contributed by atoms with E-state index in [-0.39, 0.29) is 11.3 Å². The summed E-state index contributed by atoms with van der Waals surface area (Å²) in [5.41, 5.74) is 4.86. The van der Waals surface area contributed by atoms with Crippen LogP contribution < -0.4 is 10.1 Å². The van der Waals surface area contributed by atoms with Gasteiger partial charge in [0.25, 0.3) is 5.91 Å². The van der Waals surface area contributed by atoms with Crippen molar-refractivity contribution >= 4 is 56.5 Å². The van der Waals surface area contributed by atoms with E-state index >= 15 is 0 Å². The van der Waals surface area contributed by atoms with E-state index < -0.39 is 0 Å². The Kier molecular flexibility index (Phi) is 8.38. The highest BCUT2D eigenvalue weighted by Crippen LogP contribution is 2.45. The van der Waals surface area contributed by atoms with Crippen molar-refractivity contribution < 1.29 is 9.53 Å². The molecular formula is C37H35ClN2O2S. The Morgan fingerprint density at radius 1 is 1.00 bits per heavy atom. The minimum absolute atomic E-state index is 0.127. The summed E-state index contributed by atoms with van der Waals surface area (Å²) in [5.74, 6) is 1.25. The summed E-state index contributed by atoms with van der Waals surface area (Å²) in [7, 11) is 0. The first-order chi connectivity index (χ1) is 20.7. The van der Waals surface area contributed by atoms with E-state index in [1.54, 1.807) is 23.5 Å². The van der Waals surface area contributed by atoms with Crippen LogP contribution in [0.15, 0.2) is 96.0 Å². The van der Waals surface area contributed by atoms with Gasteiger partial charge >= 0.3 is 0 Å². The minimum atomic E-state index is -0.127. The Bertz CT molecular complexity index is 1780. The molecule has 1 amide bonds. The van der Waals surface area contributed by atoms with E-state index in [4.69, 9.17) is 21.3 Å². The van der Waals surface area contributed by atoms with Crippen LogP contribution in [0.4, 0.5) is 10.7 Å². The molecule has 0 saturated heterocycles. The molecule has 1 heterocycles. The second-order valence-electron chi connectivity index (χ2n) is 12.2. The maximum absolute atomic E-state index is 13.6. The molecule has 0 fully saturated rings. The Balaban J connectivity index is 1.21. The number of halogens is 1. The van der Waals surface area contributed by atoms with Gasteiger partial charge in [0.2, 0.25) is 0 Å². The van der Waals surface area contributed by atoms with Crippen LogP contribution >= 0.6 is 22.9 Å². The summed E-state index contributed by atoms with van der Waals surface area (Å²) in [6.07, 6.45) is 4.77. The van der Waals surface area contributed by atoms with Crippen molar-refractivity contribution in [2.75, 3.05) is 5.32 Å². The standard InChI is InChI=1S/C37H35ClN2O2S/c1-37(2,3)27-13-20-32-33(21-27)43-36(34(32)35(41)40-29-16-14-28(38)15-17-29)39-22-24-11-18-30(19-12-24)42-23-26-9-6-8-25-7-4-5-10-31(25)26/h4-12,14-19,22,27H,13,20-21,23H2,1-3H3,(H,40,41)/t27-/m0/s1. The molecule has 0 bridgehead atoms. The third kappa shape index (κ3) is 6.69. The first-order valence-corrected chi connectivity index (χ1v) is 15.9. The van der Waals surface area contributed by atoms with Gasteiger partial charge in [-0.25, -0.2) is 4.99 Å². The molecule has 43 heavy (non-hydrogen) atoms. The van der Waals surface area contributed by atoms with Crippen molar-refractivity contribution in [3.8, 4) is 5.75 Å². The second-order valence-corrected chi connectivity index (χ2v) is 13.7. The van der Waals surface area contributed by atoms with Gasteiger partial charge in [0, 0.05) is 21.8 Å². The first-order valence-electron chi connectivity index (χ1n) is 14.7. The van der Waals surface area contributed by atoms with E-state index in [0.29, 0.717) is 28.8 Å². The first kappa shape index (κ1) is 29.2. The largest absolute Gasteiger partial charge is 0.489 e. The van der Waals surface area contributed by atoms with Crippen molar-refractivity contribution in [2.45, 2.75) is 46.6 Å². The molecule has 0 spiro atoms. The van der Waals surface area contributed by atoms with Crippen molar-refractivity contribution in [1.82, 2.24) is 0 Å². The number of carbonyl (C=O) groups excluding carboxylic acids is 1. The third-order valence-electron chi connectivity index (χ3n) is 8.29.